The number of hydrogen-bond donors (Lipinski definition) is 2. The fourth-order valence-corrected chi connectivity index (χ4v) is 2.84. The molecule has 2 aliphatic rings. The molecule has 114 valence electrons. The molecule has 1 atom stereocenters. The zero-order valence-corrected chi connectivity index (χ0v) is 12.4. The summed E-state index contributed by atoms with van der Waals surface area (Å²) in [5, 5.41) is 12.8. The molecule has 4 nitrogen and oxygen atoms in total. The SMILES string of the molecule is O=C(CN(Cc1ccccc1)C(CO)C1CC1)NC1CC1. The van der Waals surface area contributed by atoms with E-state index in [1.54, 1.807) is 0 Å². The van der Waals surface area contributed by atoms with Gasteiger partial charge in [-0.3, -0.25) is 9.69 Å². The van der Waals surface area contributed by atoms with E-state index >= 15 is 0 Å². The quantitative estimate of drug-likeness (QED) is 0.763. The minimum absolute atomic E-state index is 0.0903. The van der Waals surface area contributed by atoms with Crippen molar-refractivity contribution in [1.82, 2.24) is 10.2 Å². The second kappa shape index (κ2) is 6.58. The lowest BCUT2D eigenvalue weighted by Gasteiger charge is -2.30. The topological polar surface area (TPSA) is 52.6 Å². The third kappa shape index (κ3) is 4.29. The van der Waals surface area contributed by atoms with Gasteiger partial charge in [-0.2, -0.15) is 0 Å². The molecule has 0 bridgehead atoms. The van der Waals surface area contributed by atoms with Crippen LogP contribution in [0, 0.1) is 5.92 Å². The Hall–Kier alpha value is -1.39. The Labute approximate surface area is 126 Å². The summed E-state index contributed by atoms with van der Waals surface area (Å²) in [5.74, 6) is 0.639. The fourth-order valence-electron chi connectivity index (χ4n) is 2.84. The third-order valence-electron chi connectivity index (χ3n) is 4.34. The van der Waals surface area contributed by atoms with E-state index in [2.05, 4.69) is 22.3 Å². The summed E-state index contributed by atoms with van der Waals surface area (Å²) >= 11 is 0. The molecular formula is C17H24N2O2. The maximum Gasteiger partial charge on any atom is 0.234 e. The lowest BCUT2D eigenvalue weighted by molar-refractivity contribution is -0.123. The standard InChI is InChI=1S/C17H24N2O2/c20-12-16(14-6-7-14)19(10-13-4-2-1-3-5-13)11-17(21)18-15-8-9-15/h1-5,14-16,20H,6-12H2,(H,18,21). The van der Waals surface area contributed by atoms with Gasteiger partial charge in [0.25, 0.3) is 0 Å². The van der Waals surface area contributed by atoms with Gasteiger partial charge in [0.2, 0.25) is 5.91 Å². The van der Waals surface area contributed by atoms with E-state index in [1.165, 1.54) is 18.4 Å². The summed E-state index contributed by atoms with van der Waals surface area (Å²) in [7, 11) is 0. The number of hydrogen-bond acceptors (Lipinski definition) is 3. The molecule has 0 saturated heterocycles. The average Bonchev–Trinajstić information content (AvgIpc) is 3.35. The lowest BCUT2D eigenvalue weighted by atomic mass is 10.1. The van der Waals surface area contributed by atoms with Crippen LogP contribution in [-0.2, 0) is 11.3 Å². The van der Waals surface area contributed by atoms with E-state index in [4.69, 9.17) is 0 Å². The Bertz CT molecular complexity index is 469. The highest BCUT2D eigenvalue weighted by Crippen LogP contribution is 2.35. The van der Waals surface area contributed by atoms with Crippen molar-refractivity contribution >= 4 is 5.91 Å². The Balaban J connectivity index is 1.65. The summed E-state index contributed by atoms with van der Waals surface area (Å²) in [5.41, 5.74) is 1.19. The van der Waals surface area contributed by atoms with Crippen LogP contribution in [0.25, 0.3) is 0 Å². The van der Waals surface area contributed by atoms with Crippen LogP contribution >= 0.6 is 0 Å². The van der Waals surface area contributed by atoms with Crippen molar-refractivity contribution in [3.63, 3.8) is 0 Å². The molecule has 0 aromatic heterocycles. The molecule has 3 rings (SSSR count). The van der Waals surface area contributed by atoms with Crippen LogP contribution < -0.4 is 5.32 Å². The predicted molar refractivity (Wildman–Crippen MR) is 81.6 cm³/mol. The largest absolute Gasteiger partial charge is 0.395 e. The molecule has 2 saturated carbocycles. The van der Waals surface area contributed by atoms with Crippen LogP contribution in [0.2, 0.25) is 0 Å². The van der Waals surface area contributed by atoms with Gasteiger partial charge >= 0.3 is 0 Å². The first-order valence-corrected chi connectivity index (χ1v) is 7.94. The van der Waals surface area contributed by atoms with Crippen LogP contribution in [0.5, 0.6) is 0 Å². The number of nitrogens with one attached hydrogen (secondary N) is 1. The van der Waals surface area contributed by atoms with Crippen LogP contribution in [0.3, 0.4) is 0 Å². The number of rotatable bonds is 8. The van der Waals surface area contributed by atoms with E-state index in [-0.39, 0.29) is 18.6 Å². The third-order valence-corrected chi connectivity index (χ3v) is 4.34. The Morgan fingerprint density at radius 1 is 1.24 bits per heavy atom. The minimum Gasteiger partial charge on any atom is -0.395 e. The van der Waals surface area contributed by atoms with Crippen molar-refractivity contribution in [3.05, 3.63) is 35.9 Å². The normalized spacial score (nSPS) is 19.5. The molecule has 1 aromatic carbocycles. The molecule has 2 N–H and O–H groups in total. The van der Waals surface area contributed by atoms with Gasteiger partial charge in [-0.25, -0.2) is 0 Å². The summed E-state index contributed by atoms with van der Waals surface area (Å²) in [6, 6.07) is 10.7. The predicted octanol–water partition coefficient (Wildman–Crippen LogP) is 1.54. The van der Waals surface area contributed by atoms with E-state index in [1.807, 2.05) is 18.2 Å². The molecule has 4 heteroatoms. The molecule has 0 spiro atoms. The Kier molecular flexibility index (Phi) is 4.56. The van der Waals surface area contributed by atoms with E-state index < -0.39 is 0 Å². The van der Waals surface area contributed by atoms with Crippen molar-refractivity contribution in [3.8, 4) is 0 Å². The van der Waals surface area contributed by atoms with Crippen molar-refractivity contribution in [2.75, 3.05) is 13.2 Å². The van der Waals surface area contributed by atoms with Gasteiger partial charge < -0.3 is 10.4 Å². The van der Waals surface area contributed by atoms with Crippen molar-refractivity contribution in [2.24, 2.45) is 5.92 Å². The van der Waals surface area contributed by atoms with Gasteiger partial charge in [-0.15, -0.1) is 0 Å². The first kappa shape index (κ1) is 14.5. The summed E-state index contributed by atoms with van der Waals surface area (Å²) in [6.07, 6.45) is 4.55. The number of amides is 1. The number of carbonyl (C=O) groups is 1. The highest BCUT2D eigenvalue weighted by Gasteiger charge is 2.36. The van der Waals surface area contributed by atoms with Crippen LogP contribution in [-0.4, -0.2) is 41.1 Å². The maximum absolute atomic E-state index is 12.1. The van der Waals surface area contributed by atoms with Gasteiger partial charge in [0.15, 0.2) is 0 Å². The molecule has 1 unspecified atom stereocenters. The van der Waals surface area contributed by atoms with Gasteiger partial charge in [0.1, 0.15) is 0 Å². The molecule has 1 aromatic rings. The van der Waals surface area contributed by atoms with Crippen molar-refractivity contribution in [2.45, 2.75) is 44.3 Å². The Morgan fingerprint density at radius 3 is 2.52 bits per heavy atom. The maximum atomic E-state index is 12.1. The molecule has 0 radical (unpaired) electrons. The van der Waals surface area contributed by atoms with Crippen LogP contribution in [0.4, 0.5) is 0 Å². The van der Waals surface area contributed by atoms with Crippen molar-refractivity contribution in [1.29, 1.82) is 0 Å². The highest BCUT2D eigenvalue weighted by molar-refractivity contribution is 5.78. The second-order valence-electron chi connectivity index (χ2n) is 6.32. The highest BCUT2D eigenvalue weighted by atomic mass is 16.3. The zero-order chi connectivity index (χ0) is 14.7. The van der Waals surface area contributed by atoms with Gasteiger partial charge in [0, 0.05) is 18.6 Å². The molecular weight excluding hydrogens is 264 g/mol. The summed E-state index contributed by atoms with van der Waals surface area (Å²) < 4.78 is 0. The molecule has 1 amide bonds. The average molecular weight is 288 g/mol. The van der Waals surface area contributed by atoms with Gasteiger partial charge in [-0.1, -0.05) is 30.3 Å². The molecule has 2 aliphatic carbocycles. The minimum atomic E-state index is 0.0903. The first-order chi connectivity index (χ1) is 10.3. The zero-order valence-electron chi connectivity index (χ0n) is 12.4. The summed E-state index contributed by atoms with van der Waals surface area (Å²) in [6.45, 7) is 1.24. The number of nitrogens with zero attached hydrogens (tertiary/aromatic N) is 1. The van der Waals surface area contributed by atoms with Gasteiger partial charge in [-0.05, 0) is 37.2 Å². The fraction of sp³-hybridized carbons (Fsp3) is 0.588. The second-order valence-corrected chi connectivity index (χ2v) is 6.32. The lowest BCUT2D eigenvalue weighted by Crippen LogP contribution is -2.45. The number of carbonyl (C=O) groups excluding carboxylic acids is 1. The van der Waals surface area contributed by atoms with E-state index in [0.29, 0.717) is 18.5 Å². The van der Waals surface area contributed by atoms with Crippen LogP contribution in [0.15, 0.2) is 30.3 Å². The number of aliphatic hydroxyl groups is 1. The molecule has 2 fully saturated rings. The number of benzene rings is 1. The molecule has 21 heavy (non-hydrogen) atoms. The van der Waals surface area contributed by atoms with Gasteiger partial charge in [0.05, 0.1) is 13.2 Å². The summed E-state index contributed by atoms with van der Waals surface area (Å²) in [4.78, 5) is 14.3. The van der Waals surface area contributed by atoms with E-state index in [9.17, 15) is 9.90 Å². The number of aliphatic hydroxyl groups excluding tert-OH is 1. The monoisotopic (exact) mass is 288 g/mol. The van der Waals surface area contributed by atoms with Crippen molar-refractivity contribution < 1.29 is 9.90 Å². The molecule has 0 aliphatic heterocycles. The van der Waals surface area contributed by atoms with Crippen LogP contribution in [0.1, 0.15) is 31.2 Å². The molecule has 0 heterocycles. The smallest absolute Gasteiger partial charge is 0.234 e. The van der Waals surface area contributed by atoms with E-state index in [0.717, 1.165) is 19.4 Å². The Morgan fingerprint density at radius 2 is 1.95 bits per heavy atom. The first-order valence-electron chi connectivity index (χ1n) is 7.94.